The molecule has 3 rings (SSSR count). The van der Waals surface area contributed by atoms with Crippen molar-refractivity contribution in [3.8, 4) is 5.75 Å². The predicted molar refractivity (Wildman–Crippen MR) is 81.3 cm³/mol. The summed E-state index contributed by atoms with van der Waals surface area (Å²) in [6, 6.07) is 10.3. The van der Waals surface area contributed by atoms with Gasteiger partial charge in [0.25, 0.3) is 0 Å². The second-order valence-electron chi connectivity index (χ2n) is 5.59. The Bertz CT molecular complexity index is 682. The molecule has 1 atom stereocenters. The van der Waals surface area contributed by atoms with Crippen LogP contribution in [0, 0.1) is 0 Å². The number of fused-ring (bicyclic) bond motifs is 1. The number of benzene rings is 1. The van der Waals surface area contributed by atoms with Gasteiger partial charge < -0.3 is 14.2 Å². The molecule has 23 heavy (non-hydrogen) atoms. The van der Waals surface area contributed by atoms with Crippen LogP contribution in [0.15, 0.2) is 42.6 Å². The SMILES string of the molecule is CC1c2cccn2CCN1C(=O)Cc1ccc(OC(F)F)cc1. The molecule has 0 radical (unpaired) electrons. The van der Waals surface area contributed by atoms with E-state index in [9.17, 15) is 13.6 Å². The molecule has 1 unspecified atom stereocenters. The number of alkyl halides is 2. The van der Waals surface area contributed by atoms with Crippen LogP contribution in [0.3, 0.4) is 0 Å². The van der Waals surface area contributed by atoms with Gasteiger partial charge in [0.1, 0.15) is 5.75 Å². The molecular formula is C17H18F2N2O2. The number of hydrogen-bond acceptors (Lipinski definition) is 2. The summed E-state index contributed by atoms with van der Waals surface area (Å²) in [5, 5.41) is 0. The zero-order valence-electron chi connectivity index (χ0n) is 12.8. The van der Waals surface area contributed by atoms with E-state index in [1.807, 2.05) is 30.2 Å². The van der Waals surface area contributed by atoms with Crippen molar-refractivity contribution in [3.63, 3.8) is 0 Å². The monoisotopic (exact) mass is 320 g/mol. The van der Waals surface area contributed by atoms with Crippen LogP contribution in [-0.4, -0.2) is 28.5 Å². The lowest BCUT2D eigenvalue weighted by atomic mass is 10.1. The van der Waals surface area contributed by atoms with Gasteiger partial charge in [-0.25, -0.2) is 0 Å². The van der Waals surface area contributed by atoms with Crippen LogP contribution < -0.4 is 4.74 Å². The van der Waals surface area contributed by atoms with Gasteiger partial charge in [0.15, 0.2) is 0 Å². The summed E-state index contributed by atoms with van der Waals surface area (Å²) in [5.74, 6) is 0.132. The van der Waals surface area contributed by atoms with E-state index in [1.54, 1.807) is 12.1 Å². The van der Waals surface area contributed by atoms with Gasteiger partial charge in [-0.2, -0.15) is 8.78 Å². The number of rotatable bonds is 4. The fraction of sp³-hybridized carbons (Fsp3) is 0.353. The minimum absolute atomic E-state index is 0.0347. The molecule has 0 saturated heterocycles. The molecular weight excluding hydrogens is 302 g/mol. The molecule has 1 aromatic carbocycles. The van der Waals surface area contributed by atoms with E-state index in [1.165, 1.54) is 12.1 Å². The van der Waals surface area contributed by atoms with Crippen LogP contribution in [0.5, 0.6) is 5.75 Å². The van der Waals surface area contributed by atoms with E-state index >= 15 is 0 Å². The highest BCUT2D eigenvalue weighted by molar-refractivity contribution is 5.79. The molecule has 2 aromatic rings. The molecule has 0 spiro atoms. The zero-order valence-corrected chi connectivity index (χ0v) is 12.8. The summed E-state index contributed by atoms with van der Waals surface area (Å²) in [4.78, 5) is 14.4. The maximum Gasteiger partial charge on any atom is 0.387 e. The van der Waals surface area contributed by atoms with Crippen LogP contribution in [0.4, 0.5) is 8.78 Å². The maximum atomic E-state index is 12.5. The molecule has 1 aromatic heterocycles. The Morgan fingerprint density at radius 3 is 2.70 bits per heavy atom. The number of hydrogen-bond donors (Lipinski definition) is 0. The zero-order chi connectivity index (χ0) is 16.4. The highest BCUT2D eigenvalue weighted by atomic mass is 19.3. The molecule has 4 nitrogen and oxygen atoms in total. The van der Waals surface area contributed by atoms with E-state index < -0.39 is 6.61 Å². The average molecular weight is 320 g/mol. The summed E-state index contributed by atoms with van der Waals surface area (Å²) in [7, 11) is 0. The molecule has 0 fully saturated rings. The van der Waals surface area contributed by atoms with Gasteiger partial charge in [0.05, 0.1) is 12.5 Å². The molecule has 122 valence electrons. The van der Waals surface area contributed by atoms with Crippen molar-refractivity contribution in [2.24, 2.45) is 0 Å². The lowest BCUT2D eigenvalue weighted by Gasteiger charge is -2.35. The molecule has 1 amide bonds. The minimum atomic E-state index is -2.84. The second-order valence-corrected chi connectivity index (χ2v) is 5.59. The molecule has 6 heteroatoms. The fourth-order valence-corrected chi connectivity index (χ4v) is 2.98. The summed E-state index contributed by atoms with van der Waals surface area (Å²) in [6.07, 6.45) is 2.27. The van der Waals surface area contributed by atoms with E-state index in [2.05, 4.69) is 9.30 Å². The number of nitrogens with zero attached hydrogens (tertiary/aromatic N) is 2. The lowest BCUT2D eigenvalue weighted by Crippen LogP contribution is -2.41. The van der Waals surface area contributed by atoms with Crippen LogP contribution >= 0.6 is 0 Å². The van der Waals surface area contributed by atoms with Crippen molar-refractivity contribution >= 4 is 5.91 Å². The Balaban J connectivity index is 1.65. The molecule has 1 aliphatic rings. The third kappa shape index (κ3) is 3.36. The Morgan fingerprint density at radius 2 is 2.00 bits per heavy atom. The number of aromatic nitrogens is 1. The van der Waals surface area contributed by atoms with Crippen molar-refractivity contribution in [1.29, 1.82) is 0 Å². The topological polar surface area (TPSA) is 34.5 Å². The fourth-order valence-electron chi connectivity index (χ4n) is 2.98. The van der Waals surface area contributed by atoms with Gasteiger partial charge in [-0.15, -0.1) is 0 Å². The number of ether oxygens (including phenoxy) is 1. The van der Waals surface area contributed by atoms with Crippen molar-refractivity contribution in [3.05, 3.63) is 53.9 Å². The van der Waals surface area contributed by atoms with Gasteiger partial charge in [-0.3, -0.25) is 4.79 Å². The summed E-state index contributed by atoms with van der Waals surface area (Å²) in [5.41, 5.74) is 1.91. The van der Waals surface area contributed by atoms with Crippen molar-refractivity contribution in [2.75, 3.05) is 6.54 Å². The van der Waals surface area contributed by atoms with Crippen molar-refractivity contribution in [2.45, 2.75) is 32.5 Å². The van der Waals surface area contributed by atoms with Crippen LogP contribution in [0.25, 0.3) is 0 Å². The van der Waals surface area contributed by atoms with E-state index in [0.29, 0.717) is 6.54 Å². The first-order valence-electron chi connectivity index (χ1n) is 7.53. The number of carbonyl (C=O) groups is 1. The molecule has 0 bridgehead atoms. The molecule has 2 heterocycles. The highest BCUT2D eigenvalue weighted by Gasteiger charge is 2.27. The second kappa shape index (κ2) is 6.40. The number of amides is 1. The van der Waals surface area contributed by atoms with E-state index in [-0.39, 0.29) is 24.1 Å². The molecule has 0 aliphatic carbocycles. The lowest BCUT2D eigenvalue weighted by molar-refractivity contribution is -0.133. The third-order valence-corrected chi connectivity index (χ3v) is 4.17. The smallest absolute Gasteiger partial charge is 0.387 e. The predicted octanol–water partition coefficient (Wildman–Crippen LogP) is 3.24. The third-order valence-electron chi connectivity index (χ3n) is 4.17. The number of carbonyl (C=O) groups excluding carboxylic acids is 1. The molecule has 1 aliphatic heterocycles. The van der Waals surface area contributed by atoms with Gasteiger partial charge in [0, 0.05) is 25.0 Å². The molecule has 0 saturated carbocycles. The van der Waals surface area contributed by atoms with Gasteiger partial charge >= 0.3 is 6.61 Å². The van der Waals surface area contributed by atoms with Crippen molar-refractivity contribution < 1.29 is 18.3 Å². The first-order valence-corrected chi connectivity index (χ1v) is 7.53. The summed E-state index contributed by atoms with van der Waals surface area (Å²) >= 11 is 0. The van der Waals surface area contributed by atoms with Crippen LogP contribution in [0.1, 0.15) is 24.2 Å². The average Bonchev–Trinajstić information content (AvgIpc) is 2.98. The summed E-state index contributed by atoms with van der Waals surface area (Å²) in [6.45, 7) is 0.643. The Hall–Kier alpha value is -2.37. The van der Waals surface area contributed by atoms with E-state index in [0.717, 1.165) is 17.8 Å². The Morgan fingerprint density at radius 1 is 1.26 bits per heavy atom. The van der Waals surface area contributed by atoms with Crippen LogP contribution in [-0.2, 0) is 17.8 Å². The van der Waals surface area contributed by atoms with E-state index in [4.69, 9.17) is 0 Å². The first kappa shape index (κ1) is 15.5. The number of halogens is 2. The minimum Gasteiger partial charge on any atom is -0.435 e. The quantitative estimate of drug-likeness (QED) is 0.867. The van der Waals surface area contributed by atoms with Gasteiger partial charge in [0.2, 0.25) is 5.91 Å². The Kier molecular flexibility index (Phi) is 4.32. The van der Waals surface area contributed by atoms with Crippen LogP contribution in [0.2, 0.25) is 0 Å². The van der Waals surface area contributed by atoms with Crippen molar-refractivity contribution in [1.82, 2.24) is 9.47 Å². The first-order chi connectivity index (χ1) is 11.0. The largest absolute Gasteiger partial charge is 0.435 e. The normalized spacial score (nSPS) is 17.2. The maximum absolute atomic E-state index is 12.5. The van der Waals surface area contributed by atoms with Gasteiger partial charge in [-0.1, -0.05) is 12.1 Å². The standard InChI is InChI=1S/C17H18F2N2O2/c1-12-15-3-2-8-20(15)9-10-21(12)16(22)11-13-4-6-14(7-5-13)23-17(18)19/h2-8,12,17H,9-11H2,1H3. The molecule has 0 N–H and O–H groups in total. The summed E-state index contributed by atoms with van der Waals surface area (Å²) < 4.78 is 30.7. The highest BCUT2D eigenvalue weighted by Crippen LogP contribution is 2.26. The Labute approximate surface area is 133 Å². The van der Waals surface area contributed by atoms with Gasteiger partial charge in [-0.05, 0) is 36.8 Å².